The first-order valence-electron chi connectivity index (χ1n) is 8.31. The SMILES string of the molecule is COc1cccc(N(CC(=O)N/N=C\c2cc3c(cc2Br)OCO3)S(C)(=O)=O)c1. The summed E-state index contributed by atoms with van der Waals surface area (Å²) in [5.74, 6) is 1.05. The molecule has 1 amide bonds. The van der Waals surface area contributed by atoms with Crippen LogP contribution in [0.3, 0.4) is 0 Å². The Morgan fingerprint density at radius 2 is 2.03 bits per heavy atom. The molecule has 0 aromatic heterocycles. The van der Waals surface area contributed by atoms with E-state index in [4.69, 9.17) is 14.2 Å². The molecule has 29 heavy (non-hydrogen) atoms. The average molecular weight is 484 g/mol. The maximum atomic E-state index is 12.3. The summed E-state index contributed by atoms with van der Waals surface area (Å²) in [6.07, 6.45) is 2.44. The smallest absolute Gasteiger partial charge is 0.260 e. The number of carbonyl (C=O) groups excluding carboxylic acids is 1. The molecule has 2 aromatic carbocycles. The lowest BCUT2D eigenvalue weighted by Gasteiger charge is -2.21. The largest absolute Gasteiger partial charge is 0.497 e. The van der Waals surface area contributed by atoms with E-state index in [0.29, 0.717) is 33.0 Å². The van der Waals surface area contributed by atoms with E-state index < -0.39 is 22.5 Å². The molecule has 0 saturated carbocycles. The first-order chi connectivity index (χ1) is 13.8. The van der Waals surface area contributed by atoms with Crippen molar-refractivity contribution in [3.05, 3.63) is 46.4 Å². The molecule has 1 N–H and O–H groups in total. The number of ether oxygens (including phenoxy) is 3. The average Bonchev–Trinajstić information content (AvgIpc) is 3.12. The molecule has 3 rings (SSSR count). The molecule has 154 valence electrons. The zero-order valence-corrected chi connectivity index (χ0v) is 18.0. The third-order valence-corrected chi connectivity index (χ3v) is 5.74. The topological polar surface area (TPSA) is 107 Å². The summed E-state index contributed by atoms with van der Waals surface area (Å²) >= 11 is 3.39. The van der Waals surface area contributed by atoms with Gasteiger partial charge in [-0.3, -0.25) is 9.10 Å². The van der Waals surface area contributed by atoms with Gasteiger partial charge >= 0.3 is 0 Å². The number of hydrazone groups is 1. The molecule has 9 nitrogen and oxygen atoms in total. The minimum Gasteiger partial charge on any atom is -0.497 e. The van der Waals surface area contributed by atoms with Crippen LogP contribution in [-0.4, -0.2) is 47.2 Å². The lowest BCUT2D eigenvalue weighted by atomic mass is 10.2. The van der Waals surface area contributed by atoms with Crippen LogP contribution in [0.5, 0.6) is 17.2 Å². The Kier molecular flexibility index (Phi) is 6.28. The van der Waals surface area contributed by atoms with Crippen LogP contribution in [-0.2, 0) is 14.8 Å². The molecule has 0 radical (unpaired) electrons. The molecule has 1 aliphatic rings. The van der Waals surface area contributed by atoms with Gasteiger partial charge in [-0.15, -0.1) is 0 Å². The van der Waals surface area contributed by atoms with Gasteiger partial charge in [0.25, 0.3) is 5.91 Å². The summed E-state index contributed by atoms with van der Waals surface area (Å²) in [6, 6.07) is 9.86. The van der Waals surface area contributed by atoms with E-state index >= 15 is 0 Å². The normalized spacial score (nSPS) is 12.8. The highest BCUT2D eigenvalue weighted by Crippen LogP contribution is 2.36. The number of benzene rings is 2. The van der Waals surface area contributed by atoms with Gasteiger partial charge in [-0.25, -0.2) is 13.8 Å². The molecular formula is C18H18BrN3O6S. The van der Waals surface area contributed by atoms with Crippen LogP contribution in [0.2, 0.25) is 0 Å². The number of nitrogens with one attached hydrogen (secondary N) is 1. The first-order valence-corrected chi connectivity index (χ1v) is 10.9. The van der Waals surface area contributed by atoms with E-state index in [-0.39, 0.29) is 6.79 Å². The molecule has 0 saturated heterocycles. The second-order valence-electron chi connectivity index (χ2n) is 5.99. The Bertz CT molecular complexity index is 1060. The van der Waals surface area contributed by atoms with Crippen molar-refractivity contribution in [1.82, 2.24) is 5.43 Å². The van der Waals surface area contributed by atoms with Crippen molar-refractivity contribution in [1.29, 1.82) is 0 Å². The van der Waals surface area contributed by atoms with Crippen LogP contribution in [0, 0.1) is 0 Å². The number of nitrogens with zero attached hydrogens (tertiary/aromatic N) is 2. The van der Waals surface area contributed by atoms with E-state index in [1.54, 1.807) is 30.3 Å². The fraction of sp³-hybridized carbons (Fsp3) is 0.222. The van der Waals surface area contributed by atoms with Gasteiger partial charge in [0.05, 0.1) is 25.3 Å². The fourth-order valence-electron chi connectivity index (χ4n) is 2.54. The van der Waals surface area contributed by atoms with Crippen LogP contribution >= 0.6 is 15.9 Å². The lowest BCUT2D eigenvalue weighted by molar-refractivity contribution is -0.119. The van der Waals surface area contributed by atoms with Gasteiger partial charge in [0.1, 0.15) is 12.3 Å². The molecule has 1 heterocycles. The zero-order valence-electron chi connectivity index (χ0n) is 15.6. The highest BCUT2D eigenvalue weighted by atomic mass is 79.9. The number of carbonyl (C=O) groups is 1. The van der Waals surface area contributed by atoms with Gasteiger partial charge in [0, 0.05) is 16.1 Å². The number of hydrogen-bond acceptors (Lipinski definition) is 7. The number of amides is 1. The number of anilines is 1. The number of fused-ring (bicyclic) bond motifs is 1. The van der Waals surface area contributed by atoms with E-state index in [9.17, 15) is 13.2 Å². The van der Waals surface area contributed by atoms with Crippen molar-refractivity contribution >= 4 is 43.8 Å². The fourth-order valence-corrected chi connectivity index (χ4v) is 3.81. The number of methoxy groups -OCH3 is 1. The van der Waals surface area contributed by atoms with Gasteiger partial charge in [-0.2, -0.15) is 5.10 Å². The molecule has 1 aliphatic heterocycles. The number of hydrogen-bond donors (Lipinski definition) is 1. The summed E-state index contributed by atoms with van der Waals surface area (Å²) in [5.41, 5.74) is 3.29. The highest BCUT2D eigenvalue weighted by Gasteiger charge is 2.21. The van der Waals surface area contributed by atoms with Gasteiger partial charge in [0.2, 0.25) is 16.8 Å². The summed E-state index contributed by atoms with van der Waals surface area (Å²) in [4.78, 5) is 12.3. The maximum absolute atomic E-state index is 12.3. The van der Waals surface area contributed by atoms with Crippen molar-refractivity contribution < 1.29 is 27.4 Å². The van der Waals surface area contributed by atoms with Crippen LogP contribution < -0.4 is 23.9 Å². The van der Waals surface area contributed by atoms with E-state index in [1.165, 1.54) is 19.4 Å². The van der Waals surface area contributed by atoms with Crippen LogP contribution in [0.15, 0.2) is 46.0 Å². The summed E-state index contributed by atoms with van der Waals surface area (Å²) < 4.78 is 41.7. The Balaban J connectivity index is 1.70. The Labute approximate surface area is 176 Å². The minimum absolute atomic E-state index is 0.144. The number of halogens is 1. The molecule has 0 atom stereocenters. The molecule has 0 aliphatic carbocycles. The molecule has 2 aromatic rings. The third-order valence-electron chi connectivity index (χ3n) is 3.91. The van der Waals surface area contributed by atoms with E-state index in [1.807, 2.05) is 0 Å². The summed E-state index contributed by atoms with van der Waals surface area (Å²) in [5, 5.41) is 3.89. The van der Waals surface area contributed by atoms with Gasteiger partial charge in [-0.1, -0.05) is 6.07 Å². The second-order valence-corrected chi connectivity index (χ2v) is 8.75. The Morgan fingerprint density at radius 1 is 1.31 bits per heavy atom. The minimum atomic E-state index is -3.70. The molecule has 0 unspecified atom stereocenters. The lowest BCUT2D eigenvalue weighted by Crippen LogP contribution is -2.39. The maximum Gasteiger partial charge on any atom is 0.260 e. The van der Waals surface area contributed by atoms with Crippen molar-refractivity contribution in [2.24, 2.45) is 5.10 Å². The predicted molar refractivity (Wildman–Crippen MR) is 111 cm³/mol. The number of sulfonamides is 1. The molecule has 0 spiro atoms. The molecule has 0 fully saturated rings. The van der Waals surface area contributed by atoms with E-state index in [2.05, 4.69) is 26.5 Å². The third kappa shape index (κ3) is 5.18. The molecule has 11 heteroatoms. The predicted octanol–water partition coefficient (Wildman–Crippen LogP) is 2.10. The van der Waals surface area contributed by atoms with Crippen molar-refractivity contribution in [3.63, 3.8) is 0 Å². The van der Waals surface area contributed by atoms with Gasteiger partial charge in [-0.05, 0) is 40.2 Å². The molecular weight excluding hydrogens is 466 g/mol. The van der Waals surface area contributed by atoms with Crippen LogP contribution in [0.25, 0.3) is 0 Å². The Morgan fingerprint density at radius 3 is 2.72 bits per heavy atom. The van der Waals surface area contributed by atoms with Crippen molar-refractivity contribution in [2.75, 3.05) is 31.0 Å². The number of rotatable bonds is 7. The monoisotopic (exact) mass is 483 g/mol. The molecule has 0 bridgehead atoms. The standard InChI is InChI=1S/C18H18BrN3O6S/c1-26-14-5-3-4-13(7-14)22(29(2,24)25)10-18(23)21-20-9-12-6-16-17(8-15(12)19)28-11-27-16/h3-9H,10-11H2,1-2H3,(H,21,23)/b20-9-. The Hall–Kier alpha value is -2.79. The quantitative estimate of drug-likeness (QED) is 0.477. The highest BCUT2D eigenvalue weighted by molar-refractivity contribution is 9.10. The summed E-state index contributed by atoms with van der Waals surface area (Å²) in [6.45, 7) is -0.295. The van der Waals surface area contributed by atoms with Crippen molar-refractivity contribution in [3.8, 4) is 17.2 Å². The van der Waals surface area contributed by atoms with Crippen LogP contribution in [0.4, 0.5) is 5.69 Å². The van der Waals surface area contributed by atoms with E-state index in [0.717, 1.165) is 10.6 Å². The zero-order chi connectivity index (χ0) is 21.0. The van der Waals surface area contributed by atoms with Gasteiger partial charge in [0.15, 0.2) is 11.5 Å². The van der Waals surface area contributed by atoms with Crippen LogP contribution in [0.1, 0.15) is 5.56 Å². The van der Waals surface area contributed by atoms with Crippen molar-refractivity contribution in [2.45, 2.75) is 0 Å². The first kappa shape index (κ1) is 20.9. The summed E-state index contributed by atoms with van der Waals surface area (Å²) in [7, 11) is -2.23. The van der Waals surface area contributed by atoms with Gasteiger partial charge < -0.3 is 14.2 Å². The second kappa shape index (κ2) is 8.70.